The molecule has 5 nitrogen and oxygen atoms in total. The first kappa shape index (κ1) is 19.5. The molecule has 0 radical (unpaired) electrons. The van der Waals surface area contributed by atoms with E-state index in [1.54, 1.807) is 20.8 Å². The summed E-state index contributed by atoms with van der Waals surface area (Å²) in [7, 11) is 0. The molecule has 5 heteroatoms. The molecule has 0 fully saturated rings. The summed E-state index contributed by atoms with van der Waals surface area (Å²) in [5, 5.41) is 2.68. The quantitative estimate of drug-likeness (QED) is 0.735. The van der Waals surface area contributed by atoms with Crippen LogP contribution in [-0.2, 0) is 14.3 Å². The normalized spacial score (nSPS) is 11.7. The number of esters is 1. The van der Waals surface area contributed by atoms with E-state index in [4.69, 9.17) is 9.47 Å². The summed E-state index contributed by atoms with van der Waals surface area (Å²) in [6.07, 6.45) is -0.666. The van der Waals surface area contributed by atoms with Crippen molar-refractivity contribution in [3.05, 3.63) is 54.6 Å². The summed E-state index contributed by atoms with van der Waals surface area (Å²) >= 11 is 0. The number of hydrogen-bond donors (Lipinski definition) is 1. The molecule has 0 aromatic heterocycles. The topological polar surface area (TPSA) is 64.6 Å². The van der Waals surface area contributed by atoms with Crippen molar-refractivity contribution < 1.29 is 19.1 Å². The van der Waals surface area contributed by atoms with Crippen LogP contribution in [0.15, 0.2) is 54.6 Å². The largest absolute Gasteiger partial charge is 0.481 e. The minimum absolute atomic E-state index is 0.141. The van der Waals surface area contributed by atoms with Gasteiger partial charge in [0.05, 0.1) is 12.5 Å². The Morgan fingerprint density at radius 3 is 2.15 bits per heavy atom. The van der Waals surface area contributed by atoms with Gasteiger partial charge in [-0.1, -0.05) is 42.5 Å². The Bertz CT molecular complexity index is 711. The van der Waals surface area contributed by atoms with Crippen molar-refractivity contribution >= 4 is 11.9 Å². The van der Waals surface area contributed by atoms with Crippen molar-refractivity contribution in [1.29, 1.82) is 0 Å². The average Bonchev–Trinajstić information content (AvgIpc) is 2.62. The van der Waals surface area contributed by atoms with Gasteiger partial charge in [-0.05, 0) is 44.0 Å². The minimum atomic E-state index is -0.654. The third-order valence-corrected chi connectivity index (χ3v) is 3.64. The van der Waals surface area contributed by atoms with E-state index in [0.717, 1.165) is 11.1 Å². The molecule has 1 unspecified atom stereocenters. The van der Waals surface area contributed by atoms with Crippen LogP contribution in [0.2, 0.25) is 0 Å². The molecule has 0 bridgehead atoms. The molecule has 2 rings (SSSR count). The van der Waals surface area contributed by atoms with Crippen molar-refractivity contribution in [3.63, 3.8) is 0 Å². The molecule has 0 aliphatic heterocycles. The minimum Gasteiger partial charge on any atom is -0.481 e. The number of amides is 1. The summed E-state index contributed by atoms with van der Waals surface area (Å²) in [5.41, 5.74) is 2.21. The Morgan fingerprint density at radius 1 is 0.923 bits per heavy atom. The molecule has 0 heterocycles. The van der Waals surface area contributed by atoms with Crippen molar-refractivity contribution in [1.82, 2.24) is 5.32 Å². The Morgan fingerprint density at radius 2 is 1.54 bits per heavy atom. The smallest absolute Gasteiger partial charge is 0.307 e. The second kappa shape index (κ2) is 9.61. The van der Waals surface area contributed by atoms with Crippen LogP contribution >= 0.6 is 0 Å². The highest BCUT2D eigenvalue weighted by molar-refractivity contribution is 5.81. The molecule has 0 saturated carbocycles. The lowest BCUT2D eigenvalue weighted by Gasteiger charge is -2.15. The van der Waals surface area contributed by atoms with Crippen LogP contribution in [0.4, 0.5) is 0 Å². The maximum absolute atomic E-state index is 12.1. The van der Waals surface area contributed by atoms with E-state index in [1.807, 2.05) is 54.6 Å². The standard InChI is InChI=1S/C21H25NO4/c1-15(2)25-20(23)13-14-22-21(24)16(3)26-19-11-9-18(10-12-19)17-7-5-4-6-8-17/h4-12,15-16H,13-14H2,1-3H3,(H,22,24). The number of hydrogen-bond acceptors (Lipinski definition) is 4. The first-order chi connectivity index (χ1) is 12.5. The van der Waals surface area contributed by atoms with Crippen LogP contribution < -0.4 is 10.1 Å². The van der Waals surface area contributed by atoms with Crippen LogP contribution in [0.3, 0.4) is 0 Å². The number of carbonyl (C=O) groups is 2. The Hall–Kier alpha value is -2.82. The zero-order chi connectivity index (χ0) is 18.9. The van der Waals surface area contributed by atoms with E-state index in [-0.39, 0.29) is 30.9 Å². The van der Waals surface area contributed by atoms with E-state index in [0.29, 0.717) is 5.75 Å². The molecule has 1 atom stereocenters. The zero-order valence-corrected chi connectivity index (χ0v) is 15.4. The SMILES string of the molecule is CC(C)OC(=O)CCNC(=O)C(C)Oc1ccc(-c2ccccc2)cc1. The number of benzene rings is 2. The summed E-state index contributed by atoms with van der Waals surface area (Å²) in [6, 6.07) is 17.6. The van der Waals surface area contributed by atoms with Crippen molar-refractivity contribution in [2.75, 3.05) is 6.54 Å². The van der Waals surface area contributed by atoms with Crippen molar-refractivity contribution in [3.8, 4) is 16.9 Å². The van der Waals surface area contributed by atoms with E-state index < -0.39 is 6.10 Å². The molecule has 26 heavy (non-hydrogen) atoms. The van der Waals surface area contributed by atoms with Gasteiger partial charge < -0.3 is 14.8 Å². The third kappa shape index (κ3) is 6.24. The molecule has 138 valence electrons. The third-order valence-electron chi connectivity index (χ3n) is 3.64. The predicted octanol–water partition coefficient (Wildman–Crippen LogP) is 3.58. The lowest BCUT2D eigenvalue weighted by molar-refractivity contribution is -0.147. The van der Waals surface area contributed by atoms with Gasteiger partial charge in [-0.3, -0.25) is 9.59 Å². The van der Waals surface area contributed by atoms with Crippen LogP contribution in [-0.4, -0.2) is 30.6 Å². The van der Waals surface area contributed by atoms with Gasteiger partial charge in [-0.25, -0.2) is 0 Å². The number of rotatable bonds is 8. The van der Waals surface area contributed by atoms with E-state index >= 15 is 0 Å². The lowest BCUT2D eigenvalue weighted by Crippen LogP contribution is -2.37. The van der Waals surface area contributed by atoms with Gasteiger partial charge in [0.2, 0.25) is 0 Å². The molecular formula is C21H25NO4. The number of nitrogens with one attached hydrogen (secondary N) is 1. The van der Waals surface area contributed by atoms with Crippen molar-refractivity contribution in [2.24, 2.45) is 0 Å². The highest BCUT2D eigenvalue weighted by atomic mass is 16.5. The van der Waals surface area contributed by atoms with Gasteiger partial charge >= 0.3 is 5.97 Å². The molecule has 1 amide bonds. The first-order valence-corrected chi connectivity index (χ1v) is 8.75. The van der Waals surface area contributed by atoms with Gasteiger partial charge in [0, 0.05) is 6.54 Å². The Labute approximate surface area is 154 Å². The Balaban J connectivity index is 1.80. The molecule has 0 saturated heterocycles. The average molecular weight is 355 g/mol. The number of carbonyl (C=O) groups excluding carboxylic acids is 2. The molecule has 2 aromatic carbocycles. The molecular weight excluding hydrogens is 330 g/mol. The Kier molecular flexibility index (Phi) is 7.21. The van der Waals surface area contributed by atoms with E-state index in [2.05, 4.69) is 5.32 Å². The van der Waals surface area contributed by atoms with Gasteiger partial charge in [0.15, 0.2) is 6.10 Å². The monoisotopic (exact) mass is 355 g/mol. The highest BCUT2D eigenvalue weighted by Crippen LogP contribution is 2.22. The molecule has 2 aromatic rings. The van der Waals surface area contributed by atoms with Gasteiger partial charge in [0.25, 0.3) is 5.91 Å². The zero-order valence-electron chi connectivity index (χ0n) is 15.4. The highest BCUT2D eigenvalue weighted by Gasteiger charge is 2.15. The summed E-state index contributed by atoms with van der Waals surface area (Å²) in [5.74, 6) is 0.0198. The van der Waals surface area contributed by atoms with Gasteiger partial charge in [-0.2, -0.15) is 0 Å². The van der Waals surface area contributed by atoms with E-state index in [1.165, 1.54) is 0 Å². The van der Waals surface area contributed by atoms with Crippen LogP contribution in [0.1, 0.15) is 27.2 Å². The fourth-order valence-corrected chi connectivity index (χ4v) is 2.37. The maximum Gasteiger partial charge on any atom is 0.307 e. The lowest BCUT2D eigenvalue weighted by atomic mass is 10.1. The van der Waals surface area contributed by atoms with Crippen LogP contribution in [0.5, 0.6) is 5.75 Å². The predicted molar refractivity (Wildman–Crippen MR) is 101 cm³/mol. The summed E-state index contributed by atoms with van der Waals surface area (Å²) < 4.78 is 10.7. The summed E-state index contributed by atoms with van der Waals surface area (Å²) in [6.45, 7) is 5.48. The first-order valence-electron chi connectivity index (χ1n) is 8.75. The summed E-state index contributed by atoms with van der Waals surface area (Å²) in [4.78, 5) is 23.5. The molecule has 0 spiro atoms. The molecule has 0 aliphatic rings. The second-order valence-electron chi connectivity index (χ2n) is 6.23. The number of ether oxygens (including phenoxy) is 2. The maximum atomic E-state index is 12.1. The van der Waals surface area contributed by atoms with Gasteiger partial charge in [0.1, 0.15) is 5.75 Å². The van der Waals surface area contributed by atoms with Crippen molar-refractivity contribution in [2.45, 2.75) is 39.4 Å². The van der Waals surface area contributed by atoms with E-state index in [9.17, 15) is 9.59 Å². The van der Waals surface area contributed by atoms with Gasteiger partial charge in [-0.15, -0.1) is 0 Å². The fourth-order valence-electron chi connectivity index (χ4n) is 2.37. The van der Waals surface area contributed by atoms with Crippen LogP contribution in [0.25, 0.3) is 11.1 Å². The fraction of sp³-hybridized carbons (Fsp3) is 0.333. The molecule has 0 aliphatic carbocycles. The molecule has 1 N–H and O–H groups in total. The van der Waals surface area contributed by atoms with Crippen LogP contribution in [0, 0.1) is 0 Å². The second-order valence-corrected chi connectivity index (χ2v) is 6.23.